The van der Waals surface area contributed by atoms with Crippen molar-refractivity contribution in [2.24, 2.45) is 5.92 Å². The third-order valence-electron chi connectivity index (χ3n) is 3.20. The summed E-state index contributed by atoms with van der Waals surface area (Å²) in [6, 6.07) is 5.02. The Morgan fingerprint density at radius 3 is 3.11 bits per heavy atom. The number of aromatic hydroxyl groups is 1. The van der Waals surface area contributed by atoms with Gasteiger partial charge in [-0.2, -0.15) is 0 Å². The van der Waals surface area contributed by atoms with Crippen molar-refractivity contribution in [1.29, 1.82) is 0 Å². The van der Waals surface area contributed by atoms with Gasteiger partial charge in [0.1, 0.15) is 5.75 Å². The number of ether oxygens (including phenoxy) is 1. The van der Waals surface area contributed by atoms with Crippen LogP contribution in [0.4, 0.5) is 0 Å². The van der Waals surface area contributed by atoms with Crippen LogP contribution < -0.4 is 5.32 Å². The van der Waals surface area contributed by atoms with Gasteiger partial charge in [-0.3, -0.25) is 4.79 Å². The second kappa shape index (κ2) is 5.87. The molecule has 0 aromatic heterocycles. The van der Waals surface area contributed by atoms with E-state index in [1.54, 1.807) is 18.2 Å². The normalized spacial score (nSPS) is 19.5. The zero-order valence-corrected chi connectivity index (χ0v) is 10.6. The molecule has 0 saturated carbocycles. The SMILES string of the molecule is Cc1ccc(O)c(C(=O)NCC2CCCOC2)c1. The Labute approximate surface area is 107 Å². The van der Waals surface area contributed by atoms with Gasteiger partial charge in [0.05, 0.1) is 12.2 Å². The van der Waals surface area contributed by atoms with Gasteiger partial charge in [-0.05, 0) is 37.8 Å². The van der Waals surface area contributed by atoms with E-state index in [1.807, 2.05) is 6.92 Å². The molecule has 4 heteroatoms. The average Bonchev–Trinajstić information content (AvgIpc) is 2.40. The summed E-state index contributed by atoms with van der Waals surface area (Å²) in [6.07, 6.45) is 2.14. The van der Waals surface area contributed by atoms with Gasteiger partial charge in [0.25, 0.3) is 5.91 Å². The van der Waals surface area contributed by atoms with Crippen LogP contribution in [-0.4, -0.2) is 30.8 Å². The maximum absolute atomic E-state index is 11.9. The van der Waals surface area contributed by atoms with Gasteiger partial charge in [0, 0.05) is 13.2 Å². The molecule has 1 amide bonds. The Kier molecular flexibility index (Phi) is 4.20. The van der Waals surface area contributed by atoms with Gasteiger partial charge in [-0.1, -0.05) is 11.6 Å². The monoisotopic (exact) mass is 249 g/mol. The van der Waals surface area contributed by atoms with Crippen LogP contribution in [0.3, 0.4) is 0 Å². The quantitative estimate of drug-likeness (QED) is 0.859. The minimum Gasteiger partial charge on any atom is -0.507 e. The van der Waals surface area contributed by atoms with Crippen LogP contribution >= 0.6 is 0 Å². The lowest BCUT2D eigenvalue weighted by Crippen LogP contribution is -2.33. The summed E-state index contributed by atoms with van der Waals surface area (Å²) in [4.78, 5) is 11.9. The maximum atomic E-state index is 11.9. The predicted octanol–water partition coefficient (Wildman–Crippen LogP) is 1.86. The summed E-state index contributed by atoms with van der Waals surface area (Å²) in [5, 5.41) is 12.5. The molecule has 1 aromatic rings. The summed E-state index contributed by atoms with van der Waals surface area (Å²) in [6.45, 7) is 4.03. The summed E-state index contributed by atoms with van der Waals surface area (Å²) in [7, 11) is 0. The van der Waals surface area contributed by atoms with E-state index in [0.717, 1.165) is 25.0 Å². The first-order valence-corrected chi connectivity index (χ1v) is 6.32. The van der Waals surface area contributed by atoms with Gasteiger partial charge in [-0.15, -0.1) is 0 Å². The van der Waals surface area contributed by atoms with Crippen molar-refractivity contribution in [3.8, 4) is 5.75 Å². The second-order valence-corrected chi connectivity index (χ2v) is 4.81. The molecule has 1 saturated heterocycles. The van der Waals surface area contributed by atoms with E-state index >= 15 is 0 Å². The first-order chi connectivity index (χ1) is 8.66. The topological polar surface area (TPSA) is 58.6 Å². The Balaban J connectivity index is 1.92. The molecule has 2 N–H and O–H groups in total. The standard InChI is InChI=1S/C14H19NO3/c1-10-4-5-13(16)12(7-10)14(17)15-8-11-3-2-6-18-9-11/h4-5,7,11,16H,2-3,6,8-9H2,1H3,(H,15,17). The molecule has 4 nitrogen and oxygen atoms in total. The number of rotatable bonds is 3. The molecule has 1 heterocycles. The number of aryl methyl sites for hydroxylation is 1. The van der Waals surface area contributed by atoms with Crippen LogP contribution in [0.5, 0.6) is 5.75 Å². The first-order valence-electron chi connectivity index (χ1n) is 6.32. The van der Waals surface area contributed by atoms with Crippen LogP contribution in [0.25, 0.3) is 0 Å². The molecule has 0 aliphatic carbocycles. The highest BCUT2D eigenvalue weighted by Gasteiger charge is 2.16. The molecule has 1 unspecified atom stereocenters. The van der Waals surface area contributed by atoms with Gasteiger partial charge in [0.2, 0.25) is 0 Å². The second-order valence-electron chi connectivity index (χ2n) is 4.81. The summed E-state index contributed by atoms with van der Waals surface area (Å²) >= 11 is 0. The van der Waals surface area contributed by atoms with E-state index in [-0.39, 0.29) is 11.7 Å². The molecule has 1 fully saturated rings. The van der Waals surface area contributed by atoms with Crippen molar-refractivity contribution in [2.45, 2.75) is 19.8 Å². The molecular weight excluding hydrogens is 230 g/mol. The minimum atomic E-state index is -0.221. The van der Waals surface area contributed by atoms with E-state index in [1.165, 1.54) is 0 Å². The van der Waals surface area contributed by atoms with Gasteiger partial charge in [0.15, 0.2) is 0 Å². The van der Waals surface area contributed by atoms with Crippen molar-refractivity contribution in [2.75, 3.05) is 19.8 Å². The van der Waals surface area contributed by atoms with Gasteiger partial charge < -0.3 is 15.2 Å². The third-order valence-corrected chi connectivity index (χ3v) is 3.20. The number of phenols is 1. The lowest BCUT2D eigenvalue weighted by atomic mass is 10.0. The van der Waals surface area contributed by atoms with E-state index in [9.17, 15) is 9.90 Å². The summed E-state index contributed by atoms with van der Waals surface area (Å²) < 4.78 is 5.36. The van der Waals surface area contributed by atoms with Crippen LogP contribution in [0.1, 0.15) is 28.8 Å². The average molecular weight is 249 g/mol. The van der Waals surface area contributed by atoms with E-state index < -0.39 is 0 Å². The molecule has 2 rings (SSSR count). The molecule has 0 radical (unpaired) electrons. The van der Waals surface area contributed by atoms with Crippen molar-refractivity contribution >= 4 is 5.91 Å². The van der Waals surface area contributed by atoms with Crippen LogP contribution in [0.15, 0.2) is 18.2 Å². The molecule has 1 aliphatic rings. The lowest BCUT2D eigenvalue weighted by Gasteiger charge is -2.22. The molecule has 1 aliphatic heterocycles. The molecule has 18 heavy (non-hydrogen) atoms. The molecule has 98 valence electrons. The van der Waals surface area contributed by atoms with Crippen LogP contribution in [0, 0.1) is 12.8 Å². The Bertz CT molecular complexity index is 425. The van der Waals surface area contributed by atoms with Gasteiger partial charge >= 0.3 is 0 Å². The largest absolute Gasteiger partial charge is 0.507 e. The fourth-order valence-corrected chi connectivity index (χ4v) is 2.13. The molecular formula is C14H19NO3. The van der Waals surface area contributed by atoms with Crippen molar-refractivity contribution in [3.05, 3.63) is 29.3 Å². The van der Waals surface area contributed by atoms with Crippen LogP contribution in [0.2, 0.25) is 0 Å². The third kappa shape index (κ3) is 3.23. The van der Waals surface area contributed by atoms with Crippen molar-refractivity contribution in [1.82, 2.24) is 5.32 Å². The number of hydrogen-bond donors (Lipinski definition) is 2. The lowest BCUT2D eigenvalue weighted by molar-refractivity contribution is 0.0536. The summed E-state index contributed by atoms with van der Waals surface area (Å²) in [5.41, 5.74) is 1.30. The molecule has 1 aromatic carbocycles. The number of carbonyl (C=O) groups excluding carboxylic acids is 1. The predicted molar refractivity (Wildman–Crippen MR) is 68.7 cm³/mol. The first kappa shape index (κ1) is 12.9. The Hall–Kier alpha value is -1.55. The molecule has 0 spiro atoms. The zero-order valence-electron chi connectivity index (χ0n) is 10.6. The number of nitrogens with one attached hydrogen (secondary N) is 1. The zero-order chi connectivity index (χ0) is 13.0. The highest BCUT2D eigenvalue weighted by Crippen LogP contribution is 2.18. The molecule has 1 atom stereocenters. The highest BCUT2D eigenvalue weighted by atomic mass is 16.5. The number of phenolic OH excluding ortho intramolecular Hbond substituents is 1. The van der Waals surface area contributed by atoms with Crippen molar-refractivity contribution < 1.29 is 14.6 Å². The van der Waals surface area contributed by atoms with E-state index in [0.29, 0.717) is 24.6 Å². The van der Waals surface area contributed by atoms with E-state index in [4.69, 9.17) is 4.74 Å². The fraction of sp³-hybridized carbons (Fsp3) is 0.500. The van der Waals surface area contributed by atoms with Crippen molar-refractivity contribution in [3.63, 3.8) is 0 Å². The van der Waals surface area contributed by atoms with E-state index in [2.05, 4.69) is 5.32 Å². The number of carbonyl (C=O) groups is 1. The highest BCUT2D eigenvalue weighted by molar-refractivity contribution is 5.96. The Morgan fingerprint density at radius 1 is 1.56 bits per heavy atom. The number of amides is 1. The Morgan fingerprint density at radius 2 is 2.39 bits per heavy atom. The van der Waals surface area contributed by atoms with Crippen LogP contribution in [-0.2, 0) is 4.74 Å². The number of hydrogen-bond acceptors (Lipinski definition) is 3. The summed E-state index contributed by atoms with van der Waals surface area (Å²) in [5.74, 6) is 0.189. The molecule has 0 bridgehead atoms. The maximum Gasteiger partial charge on any atom is 0.255 e. The van der Waals surface area contributed by atoms with Gasteiger partial charge in [-0.25, -0.2) is 0 Å². The fourth-order valence-electron chi connectivity index (χ4n) is 2.13. The smallest absolute Gasteiger partial charge is 0.255 e. The number of benzene rings is 1. The minimum absolute atomic E-state index is 0.0259.